The van der Waals surface area contributed by atoms with Gasteiger partial charge in [-0.1, -0.05) is 0 Å². The second-order valence-corrected chi connectivity index (χ2v) is 7.32. The smallest absolute Gasteiger partial charge is 0.159 e. The van der Waals surface area contributed by atoms with Crippen molar-refractivity contribution in [3.8, 4) is 17.2 Å². The minimum Gasteiger partial charge on any atom is -0.497 e. The lowest BCUT2D eigenvalue weighted by Gasteiger charge is -2.37. The number of hydrogen-bond acceptors (Lipinski definition) is 9. The number of piperazine rings is 1. The third kappa shape index (κ3) is 4.41. The highest BCUT2D eigenvalue weighted by Gasteiger charge is 2.22. The Morgan fingerprint density at radius 3 is 2.12 bits per heavy atom. The third-order valence-corrected chi connectivity index (χ3v) is 5.54. The van der Waals surface area contributed by atoms with Crippen molar-refractivity contribution in [3.63, 3.8) is 0 Å². The maximum absolute atomic E-state index is 6.47. The largest absolute Gasteiger partial charge is 0.497 e. The van der Waals surface area contributed by atoms with Gasteiger partial charge in [0.05, 0.1) is 27.0 Å². The molecule has 0 aliphatic carbocycles. The average Bonchev–Trinajstić information content (AvgIpc) is 2.85. The van der Waals surface area contributed by atoms with Gasteiger partial charge >= 0.3 is 0 Å². The molecule has 3 N–H and O–H groups in total. The third-order valence-electron chi connectivity index (χ3n) is 5.54. The number of nitrogens with one attached hydrogen (secondary N) is 1. The van der Waals surface area contributed by atoms with Gasteiger partial charge in [0.1, 0.15) is 29.3 Å². The summed E-state index contributed by atoms with van der Waals surface area (Å²) >= 11 is 0. The molecule has 168 valence electrons. The van der Waals surface area contributed by atoms with Crippen LogP contribution in [0.25, 0.3) is 0 Å². The van der Waals surface area contributed by atoms with E-state index in [-0.39, 0.29) is 0 Å². The quantitative estimate of drug-likeness (QED) is 0.579. The van der Waals surface area contributed by atoms with Gasteiger partial charge < -0.3 is 35.1 Å². The summed E-state index contributed by atoms with van der Waals surface area (Å²) in [6.45, 7) is 3.34. The molecular formula is C23H28N6O3. The van der Waals surface area contributed by atoms with Gasteiger partial charge in [-0.3, -0.25) is 0 Å². The van der Waals surface area contributed by atoms with Crippen LogP contribution in [-0.2, 0) is 0 Å². The maximum atomic E-state index is 6.47. The molecular weight excluding hydrogens is 408 g/mol. The second-order valence-electron chi connectivity index (χ2n) is 7.32. The van der Waals surface area contributed by atoms with Crippen molar-refractivity contribution < 1.29 is 14.2 Å². The van der Waals surface area contributed by atoms with E-state index in [0.717, 1.165) is 43.4 Å². The van der Waals surface area contributed by atoms with Gasteiger partial charge in [0, 0.05) is 37.9 Å². The number of ether oxygens (including phenoxy) is 3. The summed E-state index contributed by atoms with van der Waals surface area (Å²) in [4.78, 5) is 13.3. The number of anilines is 5. The van der Waals surface area contributed by atoms with E-state index < -0.39 is 0 Å². The monoisotopic (exact) mass is 436 g/mol. The summed E-state index contributed by atoms with van der Waals surface area (Å²) in [5.41, 5.74) is 8.89. The molecule has 3 aromatic rings. The summed E-state index contributed by atoms with van der Waals surface area (Å²) in [5, 5.41) is 3.26. The second kappa shape index (κ2) is 9.51. The van der Waals surface area contributed by atoms with Gasteiger partial charge in [-0.25, -0.2) is 9.97 Å². The van der Waals surface area contributed by atoms with E-state index in [1.54, 1.807) is 27.4 Å². The van der Waals surface area contributed by atoms with E-state index in [1.165, 1.54) is 12.0 Å². The van der Waals surface area contributed by atoms with Crippen molar-refractivity contribution in [2.45, 2.75) is 0 Å². The molecule has 0 spiro atoms. The first-order valence-corrected chi connectivity index (χ1v) is 10.4. The van der Waals surface area contributed by atoms with Crippen LogP contribution in [0, 0.1) is 0 Å². The number of nitrogens with zero attached hydrogens (tertiary/aromatic N) is 4. The van der Waals surface area contributed by atoms with Gasteiger partial charge in [-0.2, -0.15) is 0 Å². The highest BCUT2D eigenvalue weighted by Crippen LogP contribution is 2.35. The molecule has 9 heteroatoms. The van der Waals surface area contributed by atoms with Gasteiger partial charge in [-0.15, -0.1) is 0 Å². The fraction of sp³-hybridized carbons (Fsp3) is 0.304. The van der Waals surface area contributed by atoms with Crippen molar-refractivity contribution in [2.24, 2.45) is 0 Å². The summed E-state index contributed by atoms with van der Waals surface area (Å²) in [6.07, 6.45) is 1.53. The number of methoxy groups -OCH3 is 3. The van der Waals surface area contributed by atoms with Crippen LogP contribution in [0.4, 0.5) is 28.7 Å². The van der Waals surface area contributed by atoms with Crippen molar-refractivity contribution in [1.29, 1.82) is 0 Å². The zero-order chi connectivity index (χ0) is 22.5. The summed E-state index contributed by atoms with van der Waals surface area (Å²) < 4.78 is 16.0. The molecule has 4 rings (SSSR count). The topological polar surface area (TPSA) is 98.0 Å². The number of nitrogen functional groups attached to an aromatic ring is 1. The van der Waals surface area contributed by atoms with Crippen molar-refractivity contribution in [2.75, 3.05) is 68.4 Å². The lowest BCUT2D eigenvalue weighted by molar-refractivity contribution is 0.395. The molecule has 2 heterocycles. The molecule has 1 fully saturated rings. The van der Waals surface area contributed by atoms with E-state index in [1.807, 2.05) is 24.3 Å². The highest BCUT2D eigenvalue weighted by atomic mass is 16.5. The molecule has 0 radical (unpaired) electrons. The zero-order valence-electron chi connectivity index (χ0n) is 18.5. The van der Waals surface area contributed by atoms with E-state index >= 15 is 0 Å². The minimum absolute atomic E-state index is 0.503. The van der Waals surface area contributed by atoms with Crippen LogP contribution >= 0.6 is 0 Å². The molecule has 0 unspecified atom stereocenters. The van der Waals surface area contributed by atoms with Crippen LogP contribution in [-0.4, -0.2) is 57.5 Å². The molecule has 1 saturated heterocycles. The Kier molecular flexibility index (Phi) is 6.34. The number of hydrogen-bond donors (Lipinski definition) is 2. The molecule has 32 heavy (non-hydrogen) atoms. The van der Waals surface area contributed by atoms with E-state index in [4.69, 9.17) is 19.9 Å². The lowest BCUT2D eigenvalue weighted by Crippen LogP contribution is -2.47. The first-order valence-electron chi connectivity index (χ1n) is 10.4. The predicted octanol–water partition coefficient (Wildman–Crippen LogP) is 3.15. The first-order chi connectivity index (χ1) is 15.6. The number of rotatable bonds is 7. The zero-order valence-corrected chi connectivity index (χ0v) is 18.5. The Morgan fingerprint density at radius 1 is 0.812 bits per heavy atom. The fourth-order valence-corrected chi connectivity index (χ4v) is 3.74. The molecule has 9 nitrogen and oxygen atoms in total. The molecule has 0 bridgehead atoms. The van der Waals surface area contributed by atoms with Gasteiger partial charge in [0.2, 0.25) is 0 Å². The van der Waals surface area contributed by atoms with Gasteiger partial charge in [0.15, 0.2) is 11.6 Å². The van der Waals surface area contributed by atoms with Crippen LogP contribution in [0.15, 0.2) is 48.8 Å². The molecule has 1 aliphatic rings. The first kappa shape index (κ1) is 21.4. The Morgan fingerprint density at radius 2 is 1.47 bits per heavy atom. The van der Waals surface area contributed by atoms with Crippen LogP contribution in [0.3, 0.4) is 0 Å². The Bertz CT molecular complexity index is 1050. The lowest BCUT2D eigenvalue weighted by atomic mass is 10.2. The number of aromatic nitrogens is 2. The van der Waals surface area contributed by atoms with Crippen molar-refractivity contribution in [1.82, 2.24) is 9.97 Å². The van der Waals surface area contributed by atoms with Crippen molar-refractivity contribution in [3.05, 3.63) is 48.8 Å². The average molecular weight is 437 g/mol. The molecule has 1 aliphatic heterocycles. The molecule has 2 aromatic carbocycles. The summed E-state index contributed by atoms with van der Waals surface area (Å²) in [7, 11) is 4.90. The highest BCUT2D eigenvalue weighted by molar-refractivity contribution is 5.80. The molecule has 1 aromatic heterocycles. The Labute approximate surface area is 187 Å². The standard InChI is InChI=1S/C23H28N6O3/c1-30-17-6-4-16(5-7-17)28-10-12-29(13-11-28)23-21(24)22(25-15-26-23)27-19-9-8-18(31-2)14-20(19)32-3/h4-9,14-15H,10-13,24H2,1-3H3,(H,25,26,27). The van der Waals surface area contributed by atoms with Crippen LogP contribution in [0.1, 0.15) is 0 Å². The van der Waals surface area contributed by atoms with Crippen LogP contribution < -0.4 is 35.1 Å². The Hall–Kier alpha value is -3.88. The van der Waals surface area contributed by atoms with Crippen molar-refractivity contribution >= 4 is 28.7 Å². The van der Waals surface area contributed by atoms with E-state index in [9.17, 15) is 0 Å². The molecule has 0 saturated carbocycles. The molecule has 0 atom stereocenters. The van der Waals surface area contributed by atoms with Crippen LogP contribution in [0.2, 0.25) is 0 Å². The summed E-state index contributed by atoms with van der Waals surface area (Å²) in [6, 6.07) is 13.6. The minimum atomic E-state index is 0.503. The molecule has 0 amide bonds. The van der Waals surface area contributed by atoms with Crippen LogP contribution in [0.5, 0.6) is 17.2 Å². The predicted molar refractivity (Wildman–Crippen MR) is 127 cm³/mol. The fourth-order valence-electron chi connectivity index (χ4n) is 3.74. The number of benzene rings is 2. The number of nitrogens with two attached hydrogens (primary N) is 1. The van der Waals surface area contributed by atoms with E-state index in [0.29, 0.717) is 23.0 Å². The normalized spacial score (nSPS) is 13.6. The Balaban J connectivity index is 1.47. The van der Waals surface area contributed by atoms with E-state index in [2.05, 4.69) is 37.2 Å². The summed E-state index contributed by atoms with van der Waals surface area (Å²) in [5.74, 6) is 3.46. The van der Waals surface area contributed by atoms with Gasteiger partial charge in [-0.05, 0) is 36.4 Å². The van der Waals surface area contributed by atoms with Gasteiger partial charge in [0.25, 0.3) is 0 Å². The maximum Gasteiger partial charge on any atom is 0.159 e. The SMILES string of the molecule is COc1ccc(N2CCN(c3ncnc(Nc4ccc(OC)cc4OC)c3N)CC2)cc1.